The van der Waals surface area contributed by atoms with Gasteiger partial charge in [-0.15, -0.1) is 10.2 Å². The van der Waals surface area contributed by atoms with E-state index in [4.69, 9.17) is 11.6 Å². The van der Waals surface area contributed by atoms with Crippen LogP contribution in [-0.4, -0.2) is 33.9 Å². The maximum Gasteiger partial charge on any atom is 0.326 e. The normalized spacial score (nSPS) is 22.8. The SMILES string of the molecule is CC1(C)CCCN(c2ccc(Cl)nn2)C1C(=O)O. The van der Waals surface area contributed by atoms with E-state index < -0.39 is 12.0 Å². The summed E-state index contributed by atoms with van der Waals surface area (Å²) in [4.78, 5) is 13.3. The van der Waals surface area contributed by atoms with Crippen molar-refractivity contribution in [3.63, 3.8) is 0 Å². The minimum Gasteiger partial charge on any atom is -0.480 e. The average molecular weight is 270 g/mol. The summed E-state index contributed by atoms with van der Waals surface area (Å²) in [5.74, 6) is -0.254. The van der Waals surface area contributed by atoms with Gasteiger partial charge in [-0.05, 0) is 30.4 Å². The molecule has 1 unspecified atom stereocenters. The summed E-state index contributed by atoms with van der Waals surface area (Å²) in [5.41, 5.74) is -0.286. The van der Waals surface area contributed by atoms with Crippen molar-refractivity contribution in [1.82, 2.24) is 10.2 Å². The molecule has 1 atom stereocenters. The van der Waals surface area contributed by atoms with Crippen LogP contribution in [0, 0.1) is 5.41 Å². The molecule has 0 saturated carbocycles. The summed E-state index contributed by atoms with van der Waals surface area (Å²) >= 11 is 5.70. The molecule has 0 spiro atoms. The number of nitrogens with zero attached hydrogens (tertiary/aromatic N) is 3. The summed E-state index contributed by atoms with van der Waals surface area (Å²) in [5, 5.41) is 17.5. The van der Waals surface area contributed by atoms with Crippen molar-refractivity contribution in [3.05, 3.63) is 17.3 Å². The molecular weight excluding hydrogens is 254 g/mol. The van der Waals surface area contributed by atoms with Gasteiger partial charge in [-0.2, -0.15) is 0 Å². The number of carboxylic acid groups (broad SMARTS) is 1. The molecule has 1 aliphatic heterocycles. The van der Waals surface area contributed by atoms with Gasteiger partial charge in [-0.3, -0.25) is 0 Å². The van der Waals surface area contributed by atoms with Crippen LogP contribution >= 0.6 is 11.6 Å². The van der Waals surface area contributed by atoms with E-state index in [1.165, 1.54) is 0 Å². The van der Waals surface area contributed by atoms with E-state index in [1.54, 1.807) is 17.0 Å². The molecule has 0 aromatic carbocycles. The molecule has 1 aromatic rings. The number of hydrogen-bond donors (Lipinski definition) is 1. The largest absolute Gasteiger partial charge is 0.480 e. The van der Waals surface area contributed by atoms with Crippen LogP contribution in [0.1, 0.15) is 26.7 Å². The van der Waals surface area contributed by atoms with Gasteiger partial charge < -0.3 is 10.0 Å². The third-order valence-corrected chi connectivity index (χ3v) is 3.62. The highest BCUT2D eigenvalue weighted by molar-refractivity contribution is 6.29. The van der Waals surface area contributed by atoms with Gasteiger partial charge in [-0.25, -0.2) is 4.79 Å². The van der Waals surface area contributed by atoms with Gasteiger partial charge in [0.25, 0.3) is 0 Å². The topological polar surface area (TPSA) is 66.3 Å². The van der Waals surface area contributed by atoms with Crippen LogP contribution in [0.5, 0.6) is 0 Å². The second-order valence-electron chi connectivity index (χ2n) is 5.24. The summed E-state index contributed by atoms with van der Waals surface area (Å²) in [6.07, 6.45) is 1.84. The highest BCUT2D eigenvalue weighted by Gasteiger charge is 2.43. The molecule has 98 valence electrons. The Kier molecular flexibility index (Phi) is 3.43. The van der Waals surface area contributed by atoms with Gasteiger partial charge in [0, 0.05) is 6.54 Å². The maximum absolute atomic E-state index is 11.5. The summed E-state index contributed by atoms with van der Waals surface area (Å²) in [6, 6.07) is 2.76. The second kappa shape index (κ2) is 4.72. The molecule has 6 heteroatoms. The Morgan fingerprint density at radius 3 is 2.78 bits per heavy atom. The number of carbonyl (C=O) groups is 1. The van der Waals surface area contributed by atoms with Crippen LogP contribution in [0.4, 0.5) is 5.82 Å². The van der Waals surface area contributed by atoms with Crippen molar-refractivity contribution in [2.24, 2.45) is 5.41 Å². The van der Waals surface area contributed by atoms with Crippen LogP contribution < -0.4 is 4.90 Å². The molecule has 1 aromatic heterocycles. The van der Waals surface area contributed by atoms with Crippen LogP contribution in [0.2, 0.25) is 5.15 Å². The molecule has 0 radical (unpaired) electrons. The Labute approximate surface area is 111 Å². The van der Waals surface area contributed by atoms with E-state index in [0.717, 1.165) is 12.8 Å². The molecule has 2 rings (SSSR count). The number of aromatic nitrogens is 2. The lowest BCUT2D eigenvalue weighted by Gasteiger charge is -2.44. The molecule has 1 aliphatic rings. The van der Waals surface area contributed by atoms with Crippen molar-refractivity contribution in [1.29, 1.82) is 0 Å². The quantitative estimate of drug-likeness (QED) is 0.892. The number of anilines is 1. The van der Waals surface area contributed by atoms with Gasteiger partial charge in [-0.1, -0.05) is 25.4 Å². The highest BCUT2D eigenvalue weighted by atomic mass is 35.5. The molecule has 1 saturated heterocycles. The number of rotatable bonds is 2. The smallest absolute Gasteiger partial charge is 0.326 e. The van der Waals surface area contributed by atoms with Crippen molar-refractivity contribution >= 4 is 23.4 Å². The van der Waals surface area contributed by atoms with Crippen LogP contribution in [0.3, 0.4) is 0 Å². The Bertz CT molecular complexity index is 447. The highest BCUT2D eigenvalue weighted by Crippen LogP contribution is 2.37. The first-order chi connectivity index (χ1) is 8.42. The predicted octanol–water partition coefficient (Wildman–Crippen LogP) is 2.21. The standard InChI is InChI=1S/C12H16ClN3O2/c1-12(2)6-3-7-16(10(12)11(17)18)9-5-4-8(13)14-15-9/h4-5,10H,3,6-7H2,1-2H3,(H,17,18). The molecule has 0 bridgehead atoms. The predicted molar refractivity (Wildman–Crippen MR) is 68.8 cm³/mol. The van der Waals surface area contributed by atoms with Crippen LogP contribution in [0.25, 0.3) is 0 Å². The lowest BCUT2D eigenvalue weighted by molar-refractivity contribution is -0.142. The summed E-state index contributed by atoms with van der Waals surface area (Å²) < 4.78 is 0. The molecule has 1 N–H and O–H groups in total. The van der Waals surface area contributed by atoms with Gasteiger partial charge in [0.05, 0.1) is 0 Å². The molecule has 5 nitrogen and oxygen atoms in total. The molecule has 18 heavy (non-hydrogen) atoms. The number of aliphatic carboxylic acids is 1. The zero-order valence-corrected chi connectivity index (χ0v) is 11.2. The lowest BCUT2D eigenvalue weighted by atomic mass is 9.76. The molecule has 0 aliphatic carbocycles. The van der Waals surface area contributed by atoms with Crippen LogP contribution in [-0.2, 0) is 4.79 Å². The summed E-state index contributed by atoms with van der Waals surface area (Å²) in [7, 11) is 0. The fourth-order valence-electron chi connectivity index (χ4n) is 2.57. The lowest BCUT2D eigenvalue weighted by Crippen LogP contribution is -2.54. The first-order valence-corrected chi connectivity index (χ1v) is 6.28. The van der Waals surface area contributed by atoms with E-state index in [2.05, 4.69) is 10.2 Å². The second-order valence-corrected chi connectivity index (χ2v) is 5.63. The fourth-order valence-corrected chi connectivity index (χ4v) is 2.67. The summed E-state index contributed by atoms with van der Waals surface area (Å²) in [6.45, 7) is 4.62. The van der Waals surface area contributed by atoms with E-state index in [0.29, 0.717) is 17.5 Å². The van der Waals surface area contributed by atoms with Crippen molar-refractivity contribution < 1.29 is 9.90 Å². The minimum atomic E-state index is -0.823. The van der Waals surface area contributed by atoms with E-state index >= 15 is 0 Å². The van der Waals surface area contributed by atoms with Crippen molar-refractivity contribution in [2.75, 3.05) is 11.4 Å². The number of carboxylic acids is 1. The van der Waals surface area contributed by atoms with Crippen molar-refractivity contribution in [2.45, 2.75) is 32.7 Å². The van der Waals surface area contributed by atoms with E-state index in [1.807, 2.05) is 13.8 Å². The number of piperidine rings is 1. The Morgan fingerprint density at radius 1 is 1.50 bits per heavy atom. The first-order valence-electron chi connectivity index (χ1n) is 5.90. The molecule has 0 amide bonds. The third-order valence-electron chi connectivity index (χ3n) is 3.42. The zero-order valence-electron chi connectivity index (χ0n) is 10.4. The number of halogens is 1. The molecule has 1 fully saturated rings. The van der Waals surface area contributed by atoms with Gasteiger partial charge >= 0.3 is 5.97 Å². The average Bonchev–Trinajstić information content (AvgIpc) is 2.27. The third kappa shape index (κ3) is 2.41. The van der Waals surface area contributed by atoms with E-state index in [-0.39, 0.29) is 5.41 Å². The number of hydrogen-bond acceptors (Lipinski definition) is 4. The Balaban J connectivity index is 2.35. The zero-order chi connectivity index (χ0) is 13.3. The monoisotopic (exact) mass is 269 g/mol. The van der Waals surface area contributed by atoms with Gasteiger partial charge in [0.1, 0.15) is 6.04 Å². The molecule has 2 heterocycles. The molecular formula is C12H16ClN3O2. The minimum absolute atomic E-state index is 0.286. The van der Waals surface area contributed by atoms with Crippen molar-refractivity contribution in [3.8, 4) is 0 Å². The van der Waals surface area contributed by atoms with E-state index in [9.17, 15) is 9.90 Å². The van der Waals surface area contributed by atoms with Gasteiger partial charge in [0.15, 0.2) is 11.0 Å². The Hall–Kier alpha value is -1.36. The van der Waals surface area contributed by atoms with Crippen LogP contribution in [0.15, 0.2) is 12.1 Å². The fraction of sp³-hybridized carbons (Fsp3) is 0.583. The Morgan fingerprint density at radius 2 is 2.22 bits per heavy atom. The first kappa shape index (κ1) is 13.1. The van der Waals surface area contributed by atoms with Gasteiger partial charge in [0.2, 0.25) is 0 Å². The maximum atomic E-state index is 11.5.